The number of hydrogen-bond acceptors (Lipinski definition) is 3. The van der Waals surface area contributed by atoms with E-state index in [2.05, 4.69) is 24.1 Å². The van der Waals surface area contributed by atoms with Gasteiger partial charge in [-0.2, -0.15) is 0 Å². The molecule has 22 heavy (non-hydrogen) atoms. The van der Waals surface area contributed by atoms with E-state index in [1.807, 2.05) is 0 Å². The number of nitrogens with one attached hydrogen (secondary N) is 2. The molecular formula is C17H28N2O3. The van der Waals surface area contributed by atoms with Gasteiger partial charge in [0.05, 0.1) is 5.60 Å². The first-order valence-corrected chi connectivity index (χ1v) is 7.76. The molecule has 1 atom stereocenters. The van der Waals surface area contributed by atoms with Crippen LogP contribution < -0.4 is 5.32 Å². The highest BCUT2D eigenvalue weighted by atomic mass is 16.3. The van der Waals surface area contributed by atoms with Gasteiger partial charge >= 0.3 is 0 Å². The van der Waals surface area contributed by atoms with Gasteiger partial charge in [0.2, 0.25) is 0 Å². The maximum Gasteiger partial charge on any atom is 0.268 e. The van der Waals surface area contributed by atoms with E-state index in [4.69, 9.17) is 0 Å². The second-order valence-corrected chi connectivity index (χ2v) is 6.79. The predicted octanol–water partition coefficient (Wildman–Crippen LogP) is 2.75. The van der Waals surface area contributed by atoms with Crippen LogP contribution in [0.3, 0.4) is 0 Å². The quantitative estimate of drug-likeness (QED) is 0.677. The fourth-order valence-electron chi connectivity index (χ4n) is 2.55. The molecule has 0 aliphatic rings. The van der Waals surface area contributed by atoms with E-state index in [1.165, 1.54) is 6.92 Å². The van der Waals surface area contributed by atoms with E-state index in [0.717, 1.165) is 6.42 Å². The summed E-state index contributed by atoms with van der Waals surface area (Å²) in [5.74, 6) is 0.153. The minimum absolute atomic E-state index is 0.0609. The zero-order valence-corrected chi connectivity index (χ0v) is 14.5. The van der Waals surface area contributed by atoms with Crippen molar-refractivity contribution in [1.29, 1.82) is 0 Å². The summed E-state index contributed by atoms with van der Waals surface area (Å²) in [6, 6.07) is 0. The van der Waals surface area contributed by atoms with Crippen molar-refractivity contribution in [1.82, 2.24) is 10.3 Å². The molecule has 1 aromatic rings. The van der Waals surface area contributed by atoms with Crippen molar-refractivity contribution in [3.05, 3.63) is 22.5 Å². The average molecular weight is 308 g/mol. The lowest BCUT2D eigenvalue weighted by Gasteiger charge is -2.24. The monoisotopic (exact) mass is 308 g/mol. The Hall–Kier alpha value is -1.62. The highest BCUT2D eigenvalue weighted by Gasteiger charge is 2.24. The lowest BCUT2D eigenvalue weighted by molar-refractivity contribution is 0.0428. The minimum atomic E-state index is -0.932. The molecule has 5 heteroatoms. The van der Waals surface area contributed by atoms with Crippen molar-refractivity contribution >= 4 is 11.7 Å². The second-order valence-electron chi connectivity index (χ2n) is 6.79. The molecule has 0 aliphatic carbocycles. The van der Waals surface area contributed by atoms with Gasteiger partial charge in [0, 0.05) is 17.8 Å². The van der Waals surface area contributed by atoms with Crippen LogP contribution in [-0.2, 0) is 0 Å². The summed E-state index contributed by atoms with van der Waals surface area (Å²) >= 11 is 0. The van der Waals surface area contributed by atoms with Gasteiger partial charge in [-0.25, -0.2) is 0 Å². The number of aryl methyl sites for hydroxylation is 1. The van der Waals surface area contributed by atoms with Gasteiger partial charge in [0.25, 0.3) is 5.91 Å². The van der Waals surface area contributed by atoms with Crippen LogP contribution in [0, 0.1) is 19.8 Å². The Morgan fingerprint density at radius 2 is 1.91 bits per heavy atom. The molecule has 0 radical (unpaired) electrons. The van der Waals surface area contributed by atoms with Crippen molar-refractivity contribution in [2.45, 2.75) is 60.0 Å². The van der Waals surface area contributed by atoms with E-state index in [-0.39, 0.29) is 18.2 Å². The van der Waals surface area contributed by atoms with Crippen LogP contribution in [0.25, 0.3) is 0 Å². The van der Waals surface area contributed by atoms with Gasteiger partial charge in [-0.1, -0.05) is 13.8 Å². The zero-order chi connectivity index (χ0) is 17.1. The summed E-state index contributed by atoms with van der Waals surface area (Å²) in [5.41, 5.74) is 1.38. The molecule has 0 aromatic carbocycles. The van der Waals surface area contributed by atoms with Crippen LogP contribution in [0.5, 0.6) is 0 Å². The SMILES string of the molecule is CC(=O)c1c(C)[nH]c(C(=O)NCC(C)(O)CCC(C)C)c1C. The number of aromatic amines is 1. The van der Waals surface area contributed by atoms with Gasteiger partial charge in [-0.15, -0.1) is 0 Å². The van der Waals surface area contributed by atoms with Gasteiger partial charge in [0.1, 0.15) is 5.69 Å². The summed E-state index contributed by atoms with van der Waals surface area (Å²) in [6.07, 6.45) is 1.53. The molecule has 1 amide bonds. The van der Waals surface area contributed by atoms with Crippen molar-refractivity contribution in [2.75, 3.05) is 6.54 Å². The van der Waals surface area contributed by atoms with Gasteiger partial charge in [-0.05, 0) is 52.0 Å². The van der Waals surface area contributed by atoms with Crippen molar-refractivity contribution in [2.24, 2.45) is 5.92 Å². The minimum Gasteiger partial charge on any atom is -0.388 e. The molecule has 1 aromatic heterocycles. The lowest BCUT2D eigenvalue weighted by atomic mass is 9.95. The Kier molecular flexibility index (Phi) is 5.94. The van der Waals surface area contributed by atoms with Crippen LogP contribution in [-0.4, -0.2) is 33.9 Å². The highest BCUT2D eigenvalue weighted by molar-refractivity contribution is 6.02. The van der Waals surface area contributed by atoms with E-state index >= 15 is 0 Å². The maximum absolute atomic E-state index is 12.3. The number of ketones is 1. The molecule has 5 nitrogen and oxygen atoms in total. The van der Waals surface area contributed by atoms with Crippen molar-refractivity contribution in [3.63, 3.8) is 0 Å². The Balaban J connectivity index is 2.74. The molecule has 0 fully saturated rings. The average Bonchev–Trinajstić information content (AvgIpc) is 2.69. The predicted molar refractivity (Wildman–Crippen MR) is 87.3 cm³/mol. The van der Waals surface area contributed by atoms with Crippen molar-refractivity contribution in [3.8, 4) is 0 Å². The fraction of sp³-hybridized carbons (Fsp3) is 0.647. The molecule has 124 valence electrons. The van der Waals surface area contributed by atoms with Crippen LogP contribution in [0.4, 0.5) is 0 Å². The summed E-state index contributed by atoms with van der Waals surface area (Å²) in [7, 11) is 0. The Bertz CT molecular complexity index is 556. The second kappa shape index (κ2) is 7.09. The molecule has 3 N–H and O–H groups in total. The largest absolute Gasteiger partial charge is 0.388 e. The molecule has 0 spiro atoms. The number of rotatable bonds is 7. The molecule has 0 bridgehead atoms. The van der Waals surface area contributed by atoms with Crippen molar-refractivity contribution < 1.29 is 14.7 Å². The summed E-state index contributed by atoms with van der Waals surface area (Å²) in [5, 5.41) is 13.0. The first kappa shape index (κ1) is 18.4. The molecule has 0 saturated carbocycles. The van der Waals surface area contributed by atoms with E-state index in [9.17, 15) is 14.7 Å². The molecule has 1 unspecified atom stereocenters. The van der Waals surface area contributed by atoms with Crippen LogP contribution in [0.15, 0.2) is 0 Å². The lowest BCUT2D eigenvalue weighted by Crippen LogP contribution is -2.41. The summed E-state index contributed by atoms with van der Waals surface area (Å²) in [6.45, 7) is 11.1. The molecule has 0 aliphatic heterocycles. The van der Waals surface area contributed by atoms with E-state index in [0.29, 0.717) is 34.9 Å². The van der Waals surface area contributed by atoms with E-state index < -0.39 is 5.60 Å². The molecule has 1 rings (SSSR count). The third-order valence-corrected chi connectivity index (χ3v) is 3.91. The van der Waals surface area contributed by atoms with Crippen LogP contribution in [0.2, 0.25) is 0 Å². The summed E-state index contributed by atoms with van der Waals surface area (Å²) in [4.78, 5) is 26.8. The third-order valence-electron chi connectivity index (χ3n) is 3.91. The Labute approximate surface area is 132 Å². The molecular weight excluding hydrogens is 280 g/mol. The number of carbonyl (C=O) groups excluding carboxylic acids is 2. The van der Waals surface area contributed by atoms with Crippen LogP contribution in [0.1, 0.15) is 72.6 Å². The topological polar surface area (TPSA) is 82.2 Å². The number of aliphatic hydroxyl groups is 1. The first-order chi connectivity index (χ1) is 10.0. The molecule has 1 heterocycles. The maximum atomic E-state index is 12.3. The first-order valence-electron chi connectivity index (χ1n) is 7.76. The number of amides is 1. The smallest absolute Gasteiger partial charge is 0.268 e. The number of hydrogen-bond donors (Lipinski definition) is 3. The third kappa shape index (κ3) is 4.70. The fourth-order valence-corrected chi connectivity index (χ4v) is 2.55. The standard InChI is InChI=1S/C17H28N2O3/c1-10(2)7-8-17(6,22)9-18-16(21)15-11(3)14(13(5)20)12(4)19-15/h10,19,22H,7-9H2,1-6H3,(H,18,21). The molecule has 0 saturated heterocycles. The summed E-state index contributed by atoms with van der Waals surface area (Å²) < 4.78 is 0. The van der Waals surface area contributed by atoms with Crippen LogP contribution >= 0.6 is 0 Å². The van der Waals surface area contributed by atoms with Gasteiger partial charge in [-0.3, -0.25) is 9.59 Å². The number of aromatic nitrogens is 1. The van der Waals surface area contributed by atoms with E-state index in [1.54, 1.807) is 20.8 Å². The van der Waals surface area contributed by atoms with Gasteiger partial charge < -0.3 is 15.4 Å². The Morgan fingerprint density at radius 3 is 2.36 bits per heavy atom. The Morgan fingerprint density at radius 1 is 1.32 bits per heavy atom. The number of H-pyrrole nitrogens is 1. The number of Topliss-reactive ketones (excluding diaryl/α,β-unsaturated/α-hetero) is 1. The highest BCUT2D eigenvalue weighted by Crippen LogP contribution is 2.19. The van der Waals surface area contributed by atoms with Gasteiger partial charge in [0.15, 0.2) is 5.78 Å². The number of carbonyl (C=O) groups is 2. The normalized spacial score (nSPS) is 14.0. The zero-order valence-electron chi connectivity index (χ0n) is 14.5.